The van der Waals surface area contributed by atoms with E-state index >= 15 is 0 Å². The molecule has 0 amide bonds. The van der Waals surface area contributed by atoms with E-state index in [1.165, 1.54) is 6.20 Å². The molecule has 0 radical (unpaired) electrons. The van der Waals surface area contributed by atoms with E-state index in [0.717, 1.165) is 11.6 Å². The van der Waals surface area contributed by atoms with Crippen molar-refractivity contribution in [2.24, 2.45) is 0 Å². The summed E-state index contributed by atoms with van der Waals surface area (Å²) >= 11 is 0. The summed E-state index contributed by atoms with van der Waals surface area (Å²) in [7, 11) is 0. The molecule has 0 aliphatic carbocycles. The maximum absolute atomic E-state index is 11.3. The van der Waals surface area contributed by atoms with Gasteiger partial charge in [0.15, 0.2) is 0 Å². The normalized spacial score (nSPS) is 10.4. The maximum atomic E-state index is 11.3. The molecule has 0 saturated heterocycles. The number of hydrogen-bond acceptors (Lipinski definition) is 5. The van der Waals surface area contributed by atoms with Gasteiger partial charge in [-0.05, 0) is 25.5 Å². The first-order valence-electron chi connectivity index (χ1n) is 5.09. The summed E-state index contributed by atoms with van der Waals surface area (Å²) in [4.78, 5) is 26.2. The number of aliphatic hydroxyl groups is 1. The van der Waals surface area contributed by atoms with E-state index in [2.05, 4.69) is 9.72 Å². The predicted molar refractivity (Wildman–Crippen MR) is 68.4 cm³/mol. The van der Waals surface area contributed by atoms with E-state index in [4.69, 9.17) is 0 Å². The number of rotatable bonds is 4. The standard InChI is InChI=1S/C12H13NO4.Li.H/c1-3-17-12(16)11(15)6-10(14)9-7-13-5-4-8(9)2;;/h4-7,14H,3H2,1-2H3;;. The second-order valence-electron chi connectivity index (χ2n) is 3.30. The monoisotopic (exact) mass is 243 g/mol. The number of ketones is 1. The molecule has 5 nitrogen and oxygen atoms in total. The van der Waals surface area contributed by atoms with E-state index in [-0.39, 0.29) is 31.2 Å². The van der Waals surface area contributed by atoms with Gasteiger partial charge in [-0.1, -0.05) is 0 Å². The van der Waals surface area contributed by atoms with Crippen LogP contribution in [0.2, 0.25) is 0 Å². The van der Waals surface area contributed by atoms with Gasteiger partial charge in [0.2, 0.25) is 0 Å². The fourth-order valence-corrected chi connectivity index (χ4v) is 1.20. The van der Waals surface area contributed by atoms with Gasteiger partial charge in [0, 0.05) is 24.0 Å². The number of aryl methyl sites for hydroxylation is 1. The van der Waals surface area contributed by atoms with Gasteiger partial charge in [-0.2, -0.15) is 0 Å². The van der Waals surface area contributed by atoms with Crippen molar-refractivity contribution >= 4 is 36.4 Å². The van der Waals surface area contributed by atoms with Gasteiger partial charge in [0.1, 0.15) is 5.76 Å². The Kier molecular flexibility index (Phi) is 7.02. The average molecular weight is 243 g/mol. The van der Waals surface area contributed by atoms with Crippen molar-refractivity contribution in [2.45, 2.75) is 13.8 Å². The molecular weight excluding hydrogens is 229 g/mol. The quantitative estimate of drug-likeness (QED) is 0.278. The average Bonchev–Trinajstić information content (AvgIpc) is 2.29. The zero-order valence-electron chi connectivity index (χ0n) is 9.64. The molecule has 1 rings (SSSR count). The zero-order valence-corrected chi connectivity index (χ0v) is 9.64. The van der Waals surface area contributed by atoms with Crippen LogP contribution in [-0.2, 0) is 14.3 Å². The van der Waals surface area contributed by atoms with Crippen molar-refractivity contribution in [3.63, 3.8) is 0 Å². The molecule has 6 heteroatoms. The van der Waals surface area contributed by atoms with Crippen LogP contribution in [-0.4, -0.2) is 47.3 Å². The Labute approximate surface area is 117 Å². The molecule has 0 atom stereocenters. The molecule has 18 heavy (non-hydrogen) atoms. The zero-order chi connectivity index (χ0) is 12.8. The van der Waals surface area contributed by atoms with Gasteiger partial charge in [0.05, 0.1) is 6.61 Å². The van der Waals surface area contributed by atoms with Gasteiger partial charge in [-0.15, -0.1) is 0 Å². The Hall–Kier alpha value is -1.57. The minimum absolute atomic E-state index is 0. The van der Waals surface area contributed by atoms with Crippen molar-refractivity contribution in [3.8, 4) is 0 Å². The molecule has 0 aromatic carbocycles. The summed E-state index contributed by atoms with van der Waals surface area (Å²) in [5, 5.41) is 9.68. The van der Waals surface area contributed by atoms with Crippen LogP contribution in [0.4, 0.5) is 0 Å². The van der Waals surface area contributed by atoms with Crippen LogP contribution in [0.25, 0.3) is 5.76 Å². The third-order valence-electron chi connectivity index (χ3n) is 2.06. The van der Waals surface area contributed by atoms with Gasteiger partial charge in [0.25, 0.3) is 5.78 Å². The molecule has 1 heterocycles. The summed E-state index contributed by atoms with van der Waals surface area (Å²) in [5.74, 6) is -2.18. The van der Waals surface area contributed by atoms with E-state index in [1.54, 1.807) is 26.1 Å². The molecule has 1 aromatic rings. The molecule has 0 unspecified atom stereocenters. The van der Waals surface area contributed by atoms with Gasteiger partial charge >= 0.3 is 24.8 Å². The SMILES string of the molecule is CCOC(=O)C(=O)C=C(O)c1cnccc1C.[LiH]. The molecule has 92 valence electrons. The third-order valence-corrected chi connectivity index (χ3v) is 2.06. The number of aromatic nitrogens is 1. The van der Waals surface area contributed by atoms with Crippen LogP contribution >= 0.6 is 0 Å². The van der Waals surface area contributed by atoms with E-state index < -0.39 is 11.8 Å². The minimum atomic E-state index is -0.986. The van der Waals surface area contributed by atoms with Crippen molar-refractivity contribution in [2.75, 3.05) is 6.61 Å². The molecular formula is C12H14LiNO4. The fourth-order valence-electron chi connectivity index (χ4n) is 1.20. The van der Waals surface area contributed by atoms with Gasteiger partial charge < -0.3 is 9.84 Å². The Morgan fingerprint density at radius 1 is 1.50 bits per heavy atom. The molecule has 1 N–H and O–H groups in total. The first kappa shape index (κ1) is 16.4. The first-order valence-corrected chi connectivity index (χ1v) is 5.09. The Morgan fingerprint density at radius 2 is 2.17 bits per heavy atom. The van der Waals surface area contributed by atoms with Gasteiger partial charge in [-0.3, -0.25) is 9.78 Å². The van der Waals surface area contributed by atoms with Crippen LogP contribution in [0.15, 0.2) is 24.5 Å². The number of carbonyl (C=O) groups excluding carboxylic acids is 2. The van der Waals surface area contributed by atoms with Crippen LogP contribution < -0.4 is 0 Å². The topological polar surface area (TPSA) is 76.5 Å². The van der Waals surface area contributed by atoms with Crippen molar-refractivity contribution in [3.05, 3.63) is 35.7 Å². The van der Waals surface area contributed by atoms with Crippen molar-refractivity contribution in [1.29, 1.82) is 0 Å². The molecule has 1 aromatic heterocycles. The van der Waals surface area contributed by atoms with Crippen LogP contribution in [0.5, 0.6) is 0 Å². The summed E-state index contributed by atoms with van der Waals surface area (Å²) < 4.78 is 4.51. The second-order valence-corrected chi connectivity index (χ2v) is 3.30. The van der Waals surface area contributed by atoms with Crippen molar-refractivity contribution in [1.82, 2.24) is 4.98 Å². The Morgan fingerprint density at radius 3 is 2.72 bits per heavy atom. The number of carbonyl (C=O) groups is 2. The first-order chi connectivity index (χ1) is 8.06. The van der Waals surface area contributed by atoms with E-state index in [9.17, 15) is 14.7 Å². The number of pyridine rings is 1. The number of aliphatic hydroxyl groups excluding tert-OH is 1. The number of esters is 1. The molecule has 0 spiro atoms. The number of ether oxygens (including phenoxy) is 1. The molecule has 0 aliphatic heterocycles. The third kappa shape index (κ3) is 4.36. The van der Waals surface area contributed by atoms with E-state index in [1.807, 2.05) is 0 Å². The van der Waals surface area contributed by atoms with E-state index in [0.29, 0.717) is 5.56 Å². The summed E-state index contributed by atoms with van der Waals surface area (Å²) in [5.41, 5.74) is 1.16. The molecule has 0 saturated carbocycles. The van der Waals surface area contributed by atoms with Crippen LogP contribution in [0.1, 0.15) is 18.1 Å². The van der Waals surface area contributed by atoms with Gasteiger partial charge in [-0.25, -0.2) is 4.79 Å². The molecule has 0 aliphatic rings. The summed E-state index contributed by atoms with van der Waals surface area (Å²) in [6.45, 7) is 3.47. The number of nitrogens with zero attached hydrogens (tertiary/aromatic N) is 1. The Balaban J connectivity index is 0.00000289. The Bertz CT molecular complexity index is 471. The van der Waals surface area contributed by atoms with Crippen molar-refractivity contribution < 1.29 is 19.4 Å². The molecule has 0 fully saturated rings. The number of hydrogen-bond donors (Lipinski definition) is 1. The molecule has 0 bridgehead atoms. The fraction of sp³-hybridized carbons (Fsp3) is 0.250. The predicted octanol–water partition coefficient (Wildman–Crippen LogP) is 0.773. The summed E-state index contributed by atoms with van der Waals surface area (Å²) in [6, 6.07) is 1.69. The van der Waals surface area contributed by atoms with Crippen LogP contribution in [0.3, 0.4) is 0 Å². The second kappa shape index (κ2) is 7.70. The summed E-state index contributed by atoms with van der Waals surface area (Å²) in [6.07, 6.45) is 3.82. The van der Waals surface area contributed by atoms with Crippen LogP contribution in [0, 0.1) is 6.92 Å².